The van der Waals surface area contributed by atoms with Crippen molar-refractivity contribution in [1.82, 2.24) is 9.97 Å². The summed E-state index contributed by atoms with van der Waals surface area (Å²) >= 11 is 0. The lowest BCUT2D eigenvalue weighted by atomic mass is 10.1. The van der Waals surface area contributed by atoms with E-state index < -0.39 is 11.6 Å². The number of rotatable bonds is 9. The molecule has 4 aromatic rings. The van der Waals surface area contributed by atoms with Crippen LogP contribution in [0.25, 0.3) is 11.0 Å². The van der Waals surface area contributed by atoms with Crippen LogP contribution in [0.4, 0.5) is 8.78 Å². The smallest absolute Gasteiger partial charge is 0.141 e. The Labute approximate surface area is 185 Å². The maximum atomic E-state index is 13.8. The van der Waals surface area contributed by atoms with Gasteiger partial charge in [0.1, 0.15) is 41.7 Å². The van der Waals surface area contributed by atoms with Gasteiger partial charge in [0, 0.05) is 24.3 Å². The predicted molar refractivity (Wildman–Crippen MR) is 118 cm³/mol. The van der Waals surface area contributed by atoms with Crippen LogP contribution in [0, 0.1) is 11.6 Å². The molecule has 0 aliphatic carbocycles. The van der Waals surface area contributed by atoms with Gasteiger partial charge in [0.15, 0.2) is 0 Å². The molecule has 4 rings (SSSR count). The van der Waals surface area contributed by atoms with E-state index >= 15 is 0 Å². The van der Waals surface area contributed by atoms with Gasteiger partial charge < -0.3 is 19.2 Å². The summed E-state index contributed by atoms with van der Waals surface area (Å²) in [5, 5.41) is 0. The number of halogens is 2. The molecule has 0 spiro atoms. The Kier molecular flexibility index (Phi) is 6.66. The van der Waals surface area contributed by atoms with E-state index in [1.165, 1.54) is 12.1 Å². The standard InChI is InChI=1S/C25H24F2N2O3/c1-3-30-20-11-12-22-23(14-20)29-25(28-22)24(31-4-2)16-6-9-19(10-7-16)32-15-17-5-8-18(26)13-21(17)27/h5-14,24H,3-4,15H2,1-2H3,(H,28,29). The van der Waals surface area contributed by atoms with Gasteiger partial charge in [-0.15, -0.1) is 0 Å². The molecule has 1 unspecified atom stereocenters. The van der Waals surface area contributed by atoms with Crippen molar-refractivity contribution in [2.24, 2.45) is 0 Å². The van der Waals surface area contributed by atoms with E-state index in [2.05, 4.69) is 9.97 Å². The first kappa shape index (κ1) is 21.8. The average molecular weight is 438 g/mol. The van der Waals surface area contributed by atoms with Crippen molar-refractivity contribution in [2.45, 2.75) is 26.6 Å². The van der Waals surface area contributed by atoms with Gasteiger partial charge in [0.25, 0.3) is 0 Å². The first-order valence-corrected chi connectivity index (χ1v) is 10.5. The van der Waals surface area contributed by atoms with Crippen LogP contribution in [0.5, 0.6) is 11.5 Å². The van der Waals surface area contributed by atoms with E-state index in [-0.39, 0.29) is 18.3 Å². The number of fused-ring (bicyclic) bond motifs is 1. The summed E-state index contributed by atoms with van der Waals surface area (Å²) in [7, 11) is 0. The van der Waals surface area contributed by atoms with Crippen molar-refractivity contribution < 1.29 is 23.0 Å². The minimum absolute atomic E-state index is 0.00604. The minimum atomic E-state index is -0.629. The topological polar surface area (TPSA) is 56.4 Å². The van der Waals surface area contributed by atoms with Crippen LogP contribution in [0.1, 0.15) is 36.9 Å². The Balaban J connectivity index is 1.51. The van der Waals surface area contributed by atoms with E-state index in [9.17, 15) is 8.78 Å². The number of aromatic nitrogens is 2. The van der Waals surface area contributed by atoms with Crippen LogP contribution in [0.3, 0.4) is 0 Å². The quantitative estimate of drug-likeness (QED) is 0.351. The molecule has 32 heavy (non-hydrogen) atoms. The molecule has 7 heteroatoms. The Morgan fingerprint density at radius 3 is 2.38 bits per heavy atom. The number of aromatic amines is 1. The molecule has 0 fully saturated rings. The summed E-state index contributed by atoms with van der Waals surface area (Å²) in [6.07, 6.45) is -0.383. The maximum Gasteiger partial charge on any atom is 0.141 e. The predicted octanol–water partition coefficient (Wildman–Crippen LogP) is 5.94. The highest BCUT2D eigenvalue weighted by atomic mass is 19.1. The second-order valence-electron chi connectivity index (χ2n) is 7.16. The number of imidazole rings is 1. The zero-order valence-electron chi connectivity index (χ0n) is 17.9. The lowest BCUT2D eigenvalue weighted by Gasteiger charge is -2.16. The van der Waals surface area contributed by atoms with Gasteiger partial charge in [-0.2, -0.15) is 0 Å². The van der Waals surface area contributed by atoms with Gasteiger partial charge in [-0.25, -0.2) is 13.8 Å². The van der Waals surface area contributed by atoms with E-state index in [0.717, 1.165) is 28.4 Å². The van der Waals surface area contributed by atoms with E-state index in [1.807, 2.05) is 44.2 Å². The van der Waals surface area contributed by atoms with Crippen molar-refractivity contribution in [3.63, 3.8) is 0 Å². The molecular weight excluding hydrogens is 414 g/mol. The molecule has 0 aliphatic rings. The fraction of sp³-hybridized carbons (Fsp3) is 0.240. The van der Waals surface area contributed by atoms with Crippen molar-refractivity contribution in [3.8, 4) is 11.5 Å². The van der Waals surface area contributed by atoms with Crippen LogP contribution in [0.15, 0.2) is 60.7 Å². The monoisotopic (exact) mass is 438 g/mol. The van der Waals surface area contributed by atoms with Crippen LogP contribution in [-0.4, -0.2) is 23.2 Å². The van der Waals surface area contributed by atoms with Crippen LogP contribution in [0.2, 0.25) is 0 Å². The maximum absolute atomic E-state index is 13.8. The normalized spacial score (nSPS) is 12.1. The Morgan fingerprint density at radius 1 is 0.875 bits per heavy atom. The molecular formula is C25H24F2N2O3. The number of nitrogens with zero attached hydrogens (tertiary/aromatic N) is 1. The highest BCUT2D eigenvalue weighted by Crippen LogP contribution is 2.29. The van der Waals surface area contributed by atoms with Crippen molar-refractivity contribution in [3.05, 3.63) is 89.2 Å². The highest BCUT2D eigenvalue weighted by molar-refractivity contribution is 5.77. The molecule has 1 aromatic heterocycles. The molecule has 3 aromatic carbocycles. The molecule has 1 atom stereocenters. The number of hydrogen-bond donors (Lipinski definition) is 1. The lowest BCUT2D eigenvalue weighted by molar-refractivity contribution is 0.0859. The largest absolute Gasteiger partial charge is 0.494 e. The molecule has 1 N–H and O–H groups in total. The molecule has 0 amide bonds. The first-order chi connectivity index (χ1) is 15.6. The molecule has 1 heterocycles. The minimum Gasteiger partial charge on any atom is -0.494 e. The summed E-state index contributed by atoms with van der Waals surface area (Å²) in [6.45, 7) is 4.98. The fourth-order valence-corrected chi connectivity index (χ4v) is 3.43. The molecule has 0 saturated carbocycles. The summed E-state index contributed by atoms with van der Waals surface area (Å²) in [5.74, 6) is 0.797. The van der Waals surface area contributed by atoms with Gasteiger partial charge in [0.2, 0.25) is 0 Å². The third-order valence-corrected chi connectivity index (χ3v) is 4.96. The average Bonchev–Trinajstić information content (AvgIpc) is 3.21. The summed E-state index contributed by atoms with van der Waals surface area (Å²) < 4.78 is 44.0. The third kappa shape index (κ3) is 4.89. The number of ether oxygens (including phenoxy) is 3. The second kappa shape index (κ2) is 9.78. The molecule has 0 bridgehead atoms. The Bertz CT molecular complexity index is 1190. The summed E-state index contributed by atoms with van der Waals surface area (Å²) in [4.78, 5) is 8.01. The molecule has 5 nitrogen and oxygen atoms in total. The number of H-pyrrole nitrogens is 1. The van der Waals surface area contributed by atoms with Crippen LogP contribution < -0.4 is 9.47 Å². The molecule has 0 radical (unpaired) electrons. The third-order valence-electron chi connectivity index (χ3n) is 4.96. The van der Waals surface area contributed by atoms with Crippen LogP contribution in [-0.2, 0) is 11.3 Å². The Hall–Kier alpha value is -3.45. The Morgan fingerprint density at radius 2 is 1.66 bits per heavy atom. The van der Waals surface area contributed by atoms with E-state index in [1.54, 1.807) is 12.1 Å². The van der Waals surface area contributed by atoms with Crippen molar-refractivity contribution in [2.75, 3.05) is 13.2 Å². The second-order valence-corrected chi connectivity index (χ2v) is 7.16. The van der Waals surface area contributed by atoms with Gasteiger partial charge in [-0.05, 0) is 55.8 Å². The van der Waals surface area contributed by atoms with E-state index in [4.69, 9.17) is 14.2 Å². The number of benzene rings is 3. The fourth-order valence-electron chi connectivity index (χ4n) is 3.43. The van der Waals surface area contributed by atoms with Gasteiger partial charge in [-0.3, -0.25) is 0 Å². The zero-order chi connectivity index (χ0) is 22.5. The SMILES string of the molecule is CCOc1ccc2nc(C(OCC)c3ccc(OCc4ccc(F)cc4F)cc3)[nH]c2c1. The summed E-state index contributed by atoms with van der Waals surface area (Å²) in [6, 6.07) is 16.5. The highest BCUT2D eigenvalue weighted by Gasteiger charge is 2.19. The number of nitrogens with one attached hydrogen (secondary N) is 1. The molecule has 0 saturated heterocycles. The first-order valence-electron chi connectivity index (χ1n) is 10.5. The van der Waals surface area contributed by atoms with Gasteiger partial charge in [-0.1, -0.05) is 12.1 Å². The van der Waals surface area contributed by atoms with Crippen molar-refractivity contribution >= 4 is 11.0 Å². The van der Waals surface area contributed by atoms with Crippen molar-refractivity contribution in [1.29, 1.82) is 0 Å². The zero-order valence-corrected chi connectivity index (χ0v) is 17.9. The molecule has 0 aliphatic heterocycles. The lowest BCUT2D eigenvalue weighted by Crippen LogP contribution is -2.08. The van der Waals surface area contributed by atoms with Crippen LogP contribution >= 0.6 is 0 Å². The van der Waals surface area contributed by atoms with Gasteiger partial charge >= 0.3 is 0 Å². The van der Waals surface area contributed by atoms with E-state index in [0.29, 0.717) is 24.8 Å². The number of hydrogen-bond acceptors (Lipinski definition) is 4. The molecule has 166 valence electrons. The summed E-state index contributed by atoms with van der Waals surface area (Å²) in [5.41, 5.74) is 2.89. The van der Waals surface area contributed by atoms with Gasteiger partial charge in [0.05, 0.1) is 17.6 Å².